The summed E-state index contributed by atoms with van der Waals surface area (Å²) in [4.78, 5) is 0. The molecule has 0 radical (unpaired) electrons. The van der Waals surface area contributed by atoms with Crippen LogP contribution in [-0.2, 0) is 67.5 Å². The number of hydrogen-bond donors (Lipinski definition) is 0. The van der Waals surface area contributed by atoms with Crippen molar-refractivity contribution in [3.8, 4) is 0 Å². The SMILES string of the molecule is Cc1cc(C)n(CC[S-])n1.Cc1cc(C)n(CC[S-])n1.[Cl][Ni].[Cl][Ni]. The van der Waals surface area contributed by atoms with Crippen molar-refractivity contribution >= 4 is 45.6 Å². The number of aryl methyl sites for hydroxylation is 6. The van der Waals surface area contributed by atoms with Crippen molar-refractivity contribution in [2.24, 2.45) is 0 Å². The first-order chi connectivity index (χ1) is 11.5. The van der Waals surface area contributed by atoms with Crippen LogP contribution >= 0.6 is 20.4 Å². The van der Waals surface area contributed by atoms with E-state index >= 15 is 0 Å². The second kappa shape index (κ2) is 17.1. The Balaban J connectivity index is 0. The van der Waals surface area contributed by atoms with Crippen LogP contribution in [0.3, 0.4) is 0 Å². The third-order valence-electron chi connectivity index (χ3n) is 2.81. The predicted molar refractivity (Wildman–Crippen MR) is 99.6 cm³/mol. The standard InChI is InChI=1S/2C7H12N2S.2ClH.2Ni/c2*1-6-5-7(2)9(8-6)3-4-10;;;;/h2*5,10H,3-4H2,1-2H3;2*1H;;/q;;;;2*+1/p-4. The Hall–Kier alpha value is 0.687. The zero-order valence-corrected chi connectivity index (χ0v) is 19.1. The van der Waals surface area contributed by atoms with E-state index in [-0.39, 0.29) is 0 Å². The van der Waals surface area contributed by atoms with E-state index in [1.54, 1.807) is 0 Å². The molecule has 0 aliphatic rings. The van der Waals surface area contributed by atoms with Crippen molar-refractivity contribution < 1.29 is 29.1 Å². The monoisotopic (exact) mass is 496 g/mol. The van der Waals surface area contributed by atoms with Crippen molar-refractivity contribution in [1.29, 1.82) is 0 Å². The second-order valence-electron chi connectivity index (χ2n) is 4.71. The van der Waals surface area contributed by atoms with Crippen LogP contribution in [0.5, 0.6) is 0 Å². The molecule has 146 valence electrons. The Morgan fingerprint density at radius 1 is 0.792 bits per heavy atom. The number of hydrogen-bond acceptors (Lipinski definition) is 4. The molecule has 2 rings (SSSR count). The molecule has 0 spiro atoms. The van der Waals surface area contributed by atoms with Crippen molar-refractivity contribution in [3.05, 3.63) is 34.9 Å². The van der Waals surface area contributed by atoms with Gasteiger partial charge in [-0.25, -0.2) is 0 Å². The minimum atomic E-state index is 0.738. The molecule has 2 heterocycles. The van der Waals surface area contributed by atoms with Gasteiger partial charge in [0.25, 0.3) is 0 Å². The Morgan fingerprint density at radius 3 is 1.25 bits per heavy atom. The molecule has 0 saturated heterocycles. The molecule has 0 N–H and O–H groups in total. The first kappa shape index (κ1) is 26.9. The molecule has 2 aromatic heterocycles. The summed E-state index contributed by atoms with van der Waals surface area (Å²) >= 11 is 16.4. The van der Waals surface area contributed by atoms with Gasteiger partial charge in [-0.3, -0.25) is 9.36 Å². The zero-order valence-electron chi connectivity index (χ0n) is 14.0. The quantitative estimate of drug-likeness (QED) is 0.478. The fourth-order valence-electron chi connectivity index (χ4n) is 1.98. The Bertz CT molecular complexity index is 503. The second-order valence-corrected chi connectivity index (χ2v) is 5.53. The van der Waals surface area contributed by atoms with Gasteiger partial charge in [-0.2, -0.15) is 21.7 Å². The van der Waals surface area contributed by atoms with E-state index in [9.17, 15) is 0 Å². The van der Waals surface area contributed by atoms with Crippen molar-refractivity contribution in [2.75, 3.05) is 11.5 Å². The molecule has 4 nitrogen and oxygen atoms in total. The van der Waals surface area contributed by atoms with E-state index in [0.29, 0.717) is 0 Å². The first-order valence-electron chi connectivity index (χ1n) is 6.90. The normalized spacial score (nSPS) is 9.17. The van der Waals surface area contributed by atoms with Gasteiger partial charge in [-0.1, -0.05) is 0 Å². The number of nitrogens with zero attached hydrogens (tertiary/aromatic N) is 4. The van der Waals surface area contributed by atoms with Gasteiger partial charge in [0.2, 0.25) is 0 Å². The predicted octanol–water partition coefficient (Wildman–Crippen LogP) is 3.47. The number of aromatic nitrogens is 4. The van der Waals surface area contributed by atoms with E-state index < -0.39 is 0 Å². The van der Waals surface area contributed by atoms with Crippen LogP contribution in [0.1, 0.15) is 22.8 Å². The molecule has 0 fully saturated rings. The number of halogens is 2. The summed E-state index contributed by atoms with van der Waals surface area (Å²) in [5, 5.41) is 8.50. The molecule has 0 aliphatic carbocycles. The van der Waals surface area contributed by atoms with E-state index in [0.717, 1.165) is 36.0 Å². The molecule has 0 bridgehead atoms. The van der Waals surface area contributed by atoms with E-state index in [1.807, 2.05) is 37.1 Å². The van der Waals surface area contributed by atoms with Crippen molar-refractivity contribution in [1.82, 2.24) is 19.6 Å². The fraction of sp³-hybridized carbons (Fsp3) is 0.571. The summed E-state index contributed by atoms with van der Waals surface area (Å²) in [6.07, 6.45) is 0. The van der Waals surface area contributed by atoms with Crippen LogP contribution in [0.2, 0.25) is 0 Å². The van der Waals surface area contributed by atoms with Crippen LogP contribution in [-0.4, -0.2) is 31.1 Å². The molecule has 0 atom stereocenters. The topological polar surface area (TPSA) is 35.6 Å². The molecular formula is C14H22Cl2N4Ni2S2-2. The minimum absolute atomic E-state index is 0.738. The van der Waals surface area contributed by atoms with Gasteiger partial charge in [-0.05, 0) is 39.8 Å². The van der Waals surface area contributed by atoms with Crippen LogP contribution < -0.4 is 0 Å². The summed E-state index contributed by atoms with van der Waals surface area (Å²) in [6, 6.07) is 4.12. The van der Waals surface area contributed by atoms with Gasteiger partial charge in [-0.15, -0.1) is 0 Å². The third kappa shape index (κ3) is 11.3. The number of rotatable bonds is 4. The zero-order chi connectivity index (χ0) is 19.1. The van der Waals surface area contributed by atoms with Gasteiger partial charge in [0, 0.05) is 24.5 Å². The average molecular weight is 499 g/mol. The van der Waals surface area contributed by atoms with Gasteiger partial charge in [0.15, 0.2) is 0 Å². The van der Waals surface area contributed by atoms with Crippen LogP contribution in [0, 0.1) is 27.7 Å². The summed E-state index contributed by atoms with van der Waals surface area (Å²) in [6.45, 7) is 9.79. The summed E-state index contributed by atoms with van der Waals surface area (Å²) in [7, 11) is 8.53. The summed E-state index contributed by atoms with van der Waals surface area (Å²) in [5.74, 6) is 1.48. The van der Waals surface area contributed by atoms with Gasteiger partial charge >= 0.3 is 49.5 Å². The van der Waals surface area contributed by atoms with Gasteiger partial charge in [0.1, 0.15) is 0 Å². The molecular weight excluding hydrogens is 477 g/mol. The molecule has 2 aromatic rings. The Labute approximate surface area is 180 Å². The molecule has 24 heavy (non-hydrogen) atoms. The summed E-state index contributed by atoms with van der Waals surface area (Å²) in [5.41, 5.74) is 4.53. The van der Waals surface area contributed by atoms with E-state index in [1.165, 1.54) is 11.4 Å². The Morgan fingerprint density at radius 2 is 1.08 bits per heavy atom. The maximum atomic E-state index is 4.84. The summed E-state index contributed by atoms with van der Waals surface area (Å²) < 4.78 is 3.89. The third-order valence-corrected chi connectivity index (χ3v) is 3.18. The van der Waals surface area contributed by atoms with Gasteiger partial charge < -0.3 is 25.3 Å². The molecule has 0 saturated carbocycles. The maximum absolute atomic E-state index is 4.84. The molecule has 10 heteroatoms. The van der Waals surface area contributed by atoms with Gasteiger partial charge in [0.05, 0.1) is 11.4 Å². The van der Waals surface area contributed by atoms with Crippen molar-refractivity contribution in [2.45, 2.75) is 40.8 Å². The molecule has 0 amide bonds. The van der Waals surface area contributed by atoms with Crippen LogP contribution in [0.15, 0.2) is 12.1 Å². The Kier molecular flexibility index (Phi) is 19.2. The van der Waals surface area contributed by atoms with Crippen LogP contribution in [0.4, 0.5) is 0 Å². The van der Waals surface area contributed by atoms with E-state index in [4.69, 9.17) is 25.3 Å². The first-order valence-corrected chi connectivity index (χ1v) is 10.8. The molecule has 0 unspecified atom stereocenters. The van der Waals surface area contributed by atoms with Crippen LogP contribution in [0.25, 0.3) is 0 Å². The molecule has 0 aromatic carbocycles. The molecule has 0 aliphatic heterocycles. The average Bonchev–Trinajstić information content (AvgIpc) is 3.06. The fourth-order valence-corrected chi connectivity index (χ4v) is 2.32. The van der Waals surface area contributed by atoms with E-state index in [2.05, 4.69) is 71.9 Å². The van der Waals surface area contributed by atoms with Crippen molar-refractivity contribution in [3.63, 3.8) is 0 Å².